The average molecular weight is 491 g/mol. The third-order valence-electron chi connectivity index (χ3n) is 4.03. The van der Waals surface area contributed by atoms with Gasteiger partial charge in [-0.25, -0.2) is 8.42 Å². The minimum Gasteiger partial charge on any atom is -0.339 e. The van der Waals surface area contributed by atoms with Crippen LogP contribution in [0.25, 0.3) is 0 Å². The van der Waals surface area contributed by atoms with Crippen molar-refractivity contribution in [1.29, 1.82) is 0 Å². The molecule has 1 aliphatic heterocycles. The van der Waals surface area contributed by atoms with Crippen molar-refractivity contribution in [3.63, 3.8) is 0 Å². The van der Waals surface area contributed by atoms with Crippen LogP contribution in [-0.2, 0) is 17.1 Å². The van der Waals surface area contributed by atoms with E-state index in [1.165, 1.54) is 22.4 Å². The van der Waals surface area contributed by atoms with Crippen LogP contribution < -0.4 is 15.6 Å². The molecule has 1 atom stereocenters. The van der Waals surface area contributed by atoms with Crippen molar-refractivity contribution >= 4 is 66.5 Å². The Balaban J connectivity index is 2.04. The average Bonchev–Trinajstić information content (AvgIpc) is 3.13. The number of pyridine rings is 1. The topological polar surface area (TPSA) is 80.2 Å². The highest BCUT2D eigenvalue weighted by Crippen LogP contribution is 2.34. The lowest BCUT2D eigenvalue weighted by Gasteiger charge is -2.20. The van der Waals surface area contributed by atoms with Gasteiger partial charge < -0.3 is 5.32 Å². The molecule has 0 aliphatic carbocycles. The number of nitrogens with zero attached hydrogens (tertiary/aromatic N) is 1. The van der Waals surface area contributed by atoms with Gasteiger partial charge in [-0.15, -0.1) is 11.8 Å². The van der Waals surface area contributed by atoms with E-state index >= 15 is 0 Å². The molecule has 0 saturated heterocycles. The van der Waals surface area contributed by atoms with Gasteiger partial charge in [0.05, 0.1) is 16.4 Å². The molecule has 6 nitrogen and oxygen atoms in total. The zero-order chi connectivity index (χ0) is 19.8. The van der Waals surface area contributed by atoms with Crippen molar-refractivity contribution in [1.82, 2.24) is 4.57 Å². The van der Waals surface area contributed by atoms with E-state index in [1.54, 1.807) is 37.6 Å². The van der Waals surface area contributed by atoms with E-state index in [0.717, 1.165) is 4.47 Å². The molecule has 0 amide bonds. The van der Waals surface area contributed by atoms with Crippen LogP contribution in [0.3, 0.4) is 0 Å². The molecule has 0 fully saturated rings. The number of benzene rings is 1. The van der Waals surface area contributed by atoms with Gasteiger partial charge in [0.1, 0.15) is 10.4 Å². The van der Waals surface area contributed by atoms with Crippen molar-refractivity contribution in [2.45, 2.75) is 17.9 Å². The number of anilines is 3. The molecule has 1 unspecified atom stereocenters. The van der Waals surface area contributed by atoms with Gasteiger partial charge in [0, 0.05) is 17.1 Å². The van der Waals surface area contributed by atoms with Gasteiger partial charge in [-0.05, 0) is 43.0 Å². The Labute approximate surface area is 175 Å². The van der Waals surface area contributed by atoms with Crippen LogP contribution in [0.2, 0.25) is 5.02 Å². The number of hydrogen-bond donors (Lipinski definition) is 2. The minimum absolute atomic E-state index is 0.231. The summed E-state index contributed by atoms with van der Waals surface area (Å²) in [5, 5.41) is 5.28. The summed E-state index contributed by atoms with van der Waals surface area (Å²) in [4.78, 5) is 12.4. The number of allylic oxidation sites excluding steroid dienone is 1. The number of thioether (sulfide) groups is 1. The van der Waals surface area contributed by atoms with Crippen molar-refractivity contribution in [3.05, 3.63) is 61.2 Å². The minimum atomic E-state index is -3.64. The van der Waals surface area contributed by atoms with E-state index in [2.05, 4.69) is 26.0 Å². The molecule has 144 valence electrons. The highest BCUT2D eigenvalue weighted by Gasteiger charge is 2.28. The van der Waals surface area contributed by atoms with E-state index in [9.17, 15) is 13.2 Å². The molecule has 3 rings (SSSR count). The van der Waals surface area contributed by atoms with Gasteiger partial charge in [-0.2, -0.15) is 0 Å². The SMILES string of the molecule is Cc1cc(NS(=O)(=O)C2CC=CS2)c(Nc2ccc(Br)cc2Cl)n(C)c1=O. The molecule has 0 bridgehead atoms. The highest BCUT2D eigenvalue weighted by atomic mass is 79.9. The van der Waals surface area contributed by atoms with Gasteiger partial charge in [-0.3, -0.25) is 14.1 Å². The molecule has 27 heavy (non-hydrogen) atoms. The molecule has 0 spiro atoms. The number of sulfonamides is 1. The number of aromatic nitrogens is 1. The number of nitrogens with one attached hydrogen (secondary N) is 2. The second kappa shape index (κ2) is 7.90. The highest BCUT2D eigenvalue weighted by molar-refractivity contribution is 9.10. The van der Waals surface area contributed by atoms with Crippen LogP contribution in [0.5, 0.6) is 0 Å². The fourth-order valence-electron chi connectivity index (χ4n) is 2.62. The van der Waals surface area contributed by atoms with E-state index in [4.69, 9.17) is 11.6 Å². The molecule has 2 N–H and O–H groups in total. The van der Waals surface area contributed by atoms with E-state index < -0.39 is 14.6 Å². The summed E-state index contributed by atoms with van der Waals surface area (Å²) in [5.41, 5.74) is 1.04. The normalized spacial score (nSPS) is 16.5. The van der Waals surface area contributed by atoms with Gasteiger partial charge in [0.15, 0.2) is 0 Å². The second-order valence-corrected chi connectivity index (χ2v) is 10.6. The molecule has 10 heteroatoms. The van der Waals surface area contributed by atoms with E-state index in [-0.39, 0.29) is 5.56 Å². The van der Waals surface area contributed by atoms with Crippen LogP contribution in [0.4, 0.5) is 17.2 Å². The first-order valence-corrected chi connectivity index (χ1v) is 11.6. The molecule has 1 aliphatic rings. The lowest BCUT2D eigenvalue weighted by Crippen LogP contribution is -2.27. The van der Waals surface area contributed by atoms with Crippen LogP contribution in [0, 0.1) is 6.92 Å². The predicted molar refractivity (Wildman–Crippen MR) is 117 cm³/mol. The summed E-state index contributed by atoms with van der Waals surface area (Å²) in [6, 6.07) is 6.78. The maximum Gasteiger partial charge on any atom is 0.254 e. The second-order valence-electron chi connectivity index (χ2n) is 6.02. The summed E-state index contributed by atoms with van der Waals surface area (Å²) < 4.78 is 29.6. The maximum atomic E-state index is 12.7. The van der Waals surface area contributed by atoms with Crippen LogP contribution in [0.1, 0.15) is 12.0 Å². The zero-order valence-electron chi connectivity index (χ0n) is 14.5. The number of rotatable bonds is 5. The van der Waals surface area contributed by atoms with Crippen molar-refractivity contribution < 1.29 is 8.42 Å². The predicted octanol–water partition coefficient (Wildman–Crippen LogP) is 4.57. The monoisotopic (exact) mass is 489 g/mol. The van der Waals surface area contributed by atoms with Crippen molar-refractivity contribution in [3.8, 4) is 0 Å². The summed E-state index contributed by atoms with van der Waals surface area (Å²) in [5.74, 6) is 0.314. The lowest BCUT2D eigenvalue weighted by molar-refractivity contribution is 0.598. The Morgan fingerprint density at radius 3 is 2.67 bits per heavy atom. The summed E-state index contributed by atoms with van der Waals surface area (Å²) in [6.07, 6.45) is 2.26. The molecule has 2 aromatic rings. The summed E-state index contributed by atoms with van der Waals surface area (Å²) in [6.45, 7) is 1.64. The summed E-state index contributed by atoms with van der Waals surface area (Å²) in [7, 11) is -2.06. The van der Waals surface area contributed by atoms with E-state index in [0.29, 0.717) is 34.2 Å². The number of halogens is 2. The number of aryl methyl sites for hydroxylation is 1. The van der Waals surface area contributed by atoms with Gasteiger partial charge in [0.2, 0.25) is 10.0 Å². The Hall–Kier alpha value is -1.42. The molecule has 0 saturated carbocycles. The largest absolute Gasteiger partial charge is 0.339 e. The third kappa shape index (κ3) is 4.37. The lowest BCUT2D eigenvalue weighted by atomic mass is 10.2. The van der Waals surface area contributed by atoms with Crippen molar-refractivity contribution in [2.24, 2.45) is 7.05 Å². The molecule has 2 heterocycles. The quantitative estimate of drug-likeness (QED) is 0.642. The Morgan fingerprint density at radius 1 is 1.30 bits per heavy atom. The summed E-state index contributed by atoms with van der Waals surface area (Å²) >= 11 is 10.9. The van der Waals surface area contributed by atoms with Gasteiger partial charge in [0.25, 0.3) is 5.56 Å². The Kier molecular flexibility index (Phi) is 5.95. The molecular formula is C17H17BrClN3O3S2. The maximum absolute atomic E-state index is 12.7. The molecule has 1 aromatic heterocycles. The number of hydrogen-bond acceptors (Lipinski definition) is 5. The van der Waals surface area contributed by atoms with Crippen molar-refractivity contribution in [2.75, 3.05) is 10.0 Å². The Bertz CT molecular complexity index is 1080. The first kappa shape index (κ1) is 20.3. The first-order chi connectivity index (χ1) is 12.7. The third-order valence-corrected chi connectivity index (χ3v) is 8.17. The fourth-order valence-corrected chi connectivity index (χ4v) is 5.85. The smallest absolute Gasteiger partial charge is 0.254 e. The molecular weight excluding hydrogens is 474 g/mol. The van der Waals surface area contributed by atoms with E-state index in [1.807, 2.05) is 6.08 Å². The zero-order valence-corrected chi connectivity index (χ0v) is 18.5. The molecule has 0 radical (unpaired) electrons. The first-order valence-electron chi connectivity index (χ1n) is 7.94. The standard InChI is InChI=1S/C17H17BrClN3O3S2/c1-10-8-14(21-27(24,25)15-4-3-7-26-15)16(22(2)17(10)23)20-13-6-5-11(18)9-12(13)19/h3,5-9,15,20-21H,4H2,1-2H3. The Morgan fingerprint density at radius 2 is 2.04 bits per heavy atom. The van der Waals surface area contributed by atoms with Crippen LogP contribution >= 0.6 is 39.3 Å². The van der Waals surface area contributed by atoms with Gasteiger partial charge >= 0.3 is 0 Å². The van der Waals surface area contributed by atoms with Crippen LogP contribution in [0.15, 0.2) is 45.0 Å². The fraction of sp³-hybridized carbons (Fsp3) is 0.235. The van der Waals surface area contributed by atoms with Crippen LogP contribution in [-0.4, -0.2) is 17.6 Å². The van der Waals surface area contributed by atoms with Gasteiger partial charge in [-0.1, -0.05) is 33.6 Å². The molecule has 1 aromatic carbocycles.